The van der Waals surface area contributed by atoms with E-state index in [-0.39, 0.29) is 17.2 Å². The zero-order valence-electron chi connectivity index (χ0n) is 10.9. The fourth-order valence-corrected chi connectivity index (χ4v) is 2.81. The lowest BCUT2D eigenvalue weighted by atomic mass is 10.3. The molecule has 1 saturated heterocycles. The third kappa shape index (κ3) is 3.20. The van der Waals surface area contributed by atoms with Crippen molar-refractivity contribution in [3.05, 3.63) is 24.3 Å². The molecule has 0 bridgehead atoms. The van der Waals surface area contributed by atoms with Gasteiger partial charge in [0.1, 0.15) is 5.75 Å². The summed E-state index contributed by atoms with van der Waals surface area (Å²) in [6.07, 6.45) is 0. The summed E-state index contributed by atoms with van der Waals surface area (Å²) >= 11 is 1.42. The molecule has 1 aliphatic heterocycles. The van der Waals surface area contributed by atoms with Crippen molar-refractivity contribution in [3.63, 3.8) is 0 Å². The van der Waals surface area contributed by atoms with Crippen molar-refractivity contribution in [2.45, 2.75) is 17.1 Å². The Labute approximate surface area is 116 Å². The molecule has 0 spiro atoms. The van der Waals surface area contributed by atoms with Crippen LogP contribution in [0.5, 0.6) is 5.75 Å². The number of carbonyl (C=O) groups is 2. The van der Waals surface area contributed by atoms with E-state index >= 15 is 0 Å². The highest BCUT2D eigenvalue weighted by Gasteiger charge is 2.30. The van der Waals surface area contributed by atoms with Gasteiger partial charge in [0.15, 0.2) is 0 Å². The molecule has 1 aromatic rings. The Morgan fingerprint density at radius 1 is 1.53 bits per heavy atom. The van der Waals surface area contributed by atoms with E-state index in [4.69, 9.17) is 4.74 Å². The summed E-state index contributed by atoms with van der Waals surface area (Å²) in [4.78, 5) is 25.8. The van der Waals surface area contributed by atoms with Crippen LogP contribution in [0.3, 0.4) is 0 Å². The highest BCUT2D eigenvalue weighted by molar-refractivity contribution is 8.00. The second-order valence-electron chi connectivity index (χ2n) is 4.16. The molecule has 6 heteroatoms. The quantitative estimate of drug-likeness (QED) is 0.853. The van der Waals surface area contributed by atoms with Crippen LogP contribution in [-0.4, -0.2) is 42.3 Å². The average molecular weight is 280 g/mol. The minimum absolute atomic E-state index is 0.164. The molecule has 1 N–H and O–H groups in total. The Kier molecular flexibility index (Phi) is 4.31. The molecule has 0 unspecified atom stereocenters. The first-order valence-corrected chi connectivity index (χ1v) is 6.89. The number of rotatable bonds is 4. The second kappa shape index (κ2) is 5.97. The molecule has 5 nitrogen and oxygen atoms in total. The van der Waals surface area contributed by atoms with Gasteiger partial charge in [-0.05, 0) is 25.1 Å². The number of nitrogens with zero attached hydrogens (tertiary/aromatic N) is 1. The van der Waals surface area contributed by atoms with Gasteiger partial charge in [-0.3, -0.25) is 9.69 Å². The maximum atomic E-state index is 12.1. The maximum absolute atomic E-state index is 12.1. The summed E-state index contributed by atoms with van der Waals surface area (Å²) in [6.45, 7) is 2.78. The number of nitrogens with one attached hydrogen (secondary N) is 1. The number of hydrogen-bond acceptors (Lipinski definition) is 4. The number of benzene rings is 1. The summed E-state index contributed by atoms with van der Waals surface area (Å²) in [7, 11) is 1.60. The topological polar surface area (TPSA) is 58.6 Å². The number of amides is 3. The first-order chi connectivity index (χ1) is 9.11. The van der Waals surface area contributed by atoms with Crippen LogP contribution in [0.25, 0.3) is 0 Å². The summed E-state index contributed by atoms with van der Waals surface area (Å²) in [5.41, 5.74) is 0. The highest BCUT2D eigenvalue weighted by atomic mass is 32.2. The van der Waals surface area contributed by atoms with Gasteiger partial charge < -0.3 is 10.1 Å². The molecule has 0 saturated carbocycles. The molecule has 3 amide bonds. The number of thioether (sulfide) groups is 1. The molecule has 1 fully saturated rings. The summed E-state index contributed by atoms with van der Waals surface area (Å²) in [5, 5.41) is 2.32. The zero-order valence-corrected chi connectivity index (χ0v) is 11.7. The second-order valence-corrected chi connectivity index (χ2v) is 5.58. The Balaban J connectivity index is 2.01. The third-order valence-corrected chi connectivity index (χ3v) is 3.91. The van der Waals surface area contributed by atoms with Gasteiger partial charge >= 0.3 is 6.03 Å². The van der Waals surface area contributed by atoms with E-state index < -0.39 is 0 Å². The van der Waals surface area contributed by atoms with Crippen LogP contribution in [0.2, 0.25) is 0 Å². The maximum Gasteiger partial charge on any atom is 0.324 e. The number of ether oxygens (including phenoxy) is 1. The van der Waals surface area contributed by atoms with E-state index in [1.54, 1.807) is 14.0 Å². The van der Waals surface area contributed by atoms with Gasteiger partial charge in [-0.2, -0.15) is 0 Å². The number of imide groups is 1. The van der Waals surface area contributed by atoms with Crippen LogP contribution < -0.4 is 10.1 Å². The fourth-order valence-electron chi connectivity index (χ4n) is 1.83. The van der Waals surface area contributed by atoms with E-state index in [0.717, 1.165) is 10.6 Å². The van der Waals surface area contributed by atoms with Gasteiger partial charge in [-0.25, -0.2) is 4.79 Å². The van der Waals surface area contributed by atoms with Gasteiger partial charge in [0.05, 0.1) is 12.4 Å². The monoisotopic (exact) mass is 280 g/mol. The van der Waals surface area contributed by atoms with E-state index in [0.29, 0.717) is 13.1 Å². The lowest BCUT2D eigenvalue weighted by molar-refractivity contribution is -0.126. The van der Waals surface area contributed by atoms with Crippen LogP contribution in [0.15, 0.2) is 29.2 Å². The smallest absolute Gasteiger partial charge is 0.324 e. The fraction of sp³-hybridized carbons (Fsp3) is 0.385. The Morgan fingerprint density at radius 2 is 2.32 bits per heavy atom. The van der Waals surface area contributed by atoms with Crippen molar-refractivity contribution in [1.82, 2.24) is 10.2 Å². The molecular weight excluding hydrogens is 264 g/mol. The third-order valence-electron chi connectivity index (χ3n) is 2.82. The summed E-state index contributed by atoms with van der Waals surface area (Å²) in [6, 6.07) is 7.22. The van der Waals surface area contributed by atoms with Gasteiger partial charge in [0, 0.05) is 18.0 Å². The predicted octanol–water partition coefficient (Wildman–Crippen LogP) is 1.73. The minimum Gasteiger partial charge on any atom is -0.497 e. The molecule has 1 aromatic carbocycles. The molecule has 0 radical (unpaired) electrons. The average Bonchev–Trinajstić information content (AvgIpc) is 2.84. The lowest BCUT2D eigenvalue weighted by Gasteiger charge is -2.17. The predicted molar refractivity (Wildman–Crippen MR) is 73.4 cm³/mol. The first kappa shape index (κ1) is 13.7. The molecule has 1 heterocycles. The van der Waals surface area contributed by atoms with Gasteiger partial charge in [-0.15, -0.1) is 11.8 Å². The van der Waals surface area contributed by atoms with Crippen molar-refractivity contribution >= 4 is 23.7 Å². The van der Waals surface area contributed by atoms with Crippen LogP contribution in [0, 0.1) is 0 Å². The Morgan fingerprint density at radius 3 is 2.95 bits per heavy atom. The first-order valence-electron chi connectivity index (χ1n) is 6.01. The summed E-state index contributed by atoms with van der Waals surface area (Å²) < 4.78 is 5.14. The Bertz CT molecular complexity index is 493. The number of carbonyl (C=O) groups excluding carboxylic acids is 2. The lowest BCUT2D eigenvalue weighted by Crippen LogP contribution is -2.38. The van der Waals surface area contributed by atoms with E-state index in [1.807, 2.05) is 24.3 Å². The van der Waals surface area contributed by atoms with Crippen LogP contribution in [-0.2, 0) is 4.79 Å². The largest absolute Gasteiger partial charge is 0.497 e. The molecule has 0 aromatic heterocycles. The normalized spacial score (nSPS) is 16.1. The molecule has 2 rings (SSSR count). The van der Waals surface area contributed by atoms with Crippen molar-refractivity contribution in [1.29, 1.82) is 0 Å². The van der Waals surface area contributed by atoms with E-state index in [9.17, 15) is 9.59 Å². The molecule has 1 aliphatic rings. The van der Waals surface area contributed by atoms with Crippen molar-refractivity contribution in [2.75, 3.05) is 20.2 Å². The van der Waals surface area contributed by atoms with Crippen LogP contribution in [0.1, 0.15) is 6.92 Å². The Hall–Kier alpha value is -1.69. The standard InChI is InChI=1S/C13H16N2O3S/c1-9(12(16)15-7-6-14-13(15)17)19-11-5-3-4-10(8-11)18-2/h3-5,8-9H,6-7H2,1-2H3,(H,14,17)/t9-/m1/s1. The van der Waals surface area contributed by atoms with E-state index in [1.165, 1.54) is 16.7 Å². The van der Waals surface area contributed by atoms with Crippen molar-refractivity contribution in [3.8, 4) is 5.75 Å². The van der Waals surface area contributed by atoms with Gasteiger partial charge in [0.25, 0.3) is 0 Å². The number of methoxy groups -OCH3 is 1. The van der Waals surface area contributed by atoms with Crippen molar-refractivity contribution < 1.29 is 14.3 Å². The molecule has 19 heavy (non-hydrogen) atoms. The number of urea groups is 1. The highest BCUT2D eigenvalue weighted by Crippen LogP contribution is 2.27. The van der Waals surface area contributed by atoms with Crippen molar-refractivity contribution in [2.24, 2.45) is 0 Å². The zero-order chi connectivity index (χ0) is 13.8. The molecular formula is C13H16N2O3S. The minimum atomic E-state index is -0.309. The molecule has 1 atom stereocenters. The van der Waals surface area contributed by atoms with Gasteiger partial charge in [-0.1, -0.05) is 6.07 Å². The van der Waals surface area contributed by atoms with E-state index in [2.05, 4.69) is 5.32 Å². The molecule has 102 valence electrons. The summed E-state index contributed by atoms with van der Waals surface area (Å²) in [5.74, 6) is 0.589. The number of hydrogen-bond donors (Lipinski definition) is 1. The molecule has 0 aliphatic carbocycles. The van der Waals surface area contributed by atoms with Crippen LogP contribution >= 0.6 is 11.8 Å². The van der Waals surface area contributed by atoms with Gasteiger partial charge in [0.2, 0.25) is 5.91 Å². The SMILES string of the molecule is COc1cccc(S[C@H](C)C(=O)N2CCNC2=O)c1. The van der Waals surface area contributed by atoms with Crippen LogP contribution in [0.4, 0.5) is 4.79 Å².